The first-order valence-corrected chi connectivity index (χ1v) is 17.0. The summed E-state index contributed by atoms with van der Waals surface area (Å²) in [5.41, 5.74) is 4.62. The monoisotopic (exact) mass is 643 g/mol. The van der Waals surface area contributed by atoms with Gasteiger partial charge in [0, 0.05) is 0 Å². The fourth-order valence-corrected chi connectivity index (χ4v) is 8.84. The molecule has 0 bridgehead atoms. The molecule has 0 aliphatic carbocycles. The van der Waals surface area contributed by atoms with Crippen molar-refractivity contribution in [2.45, 2.75) is 54.8 Å². The van der Waals surface area contributed by atoms with Crippen LogP contribution in [0.1, 0.15) is 40.9 Å². The zero-order chi connectivity index (χ0) is 29.0. The van der Waals surface area contributed by atoms with Crippen molar-refractivity contribution in [3.63, 3.8) is 0 Å². The maximum atomic E-state index is 6.73. The second kappa shape index (κ2) is 13.4. The third kappa shape index (κ3) is 6.23. The van der Waals surface area contributed by atoms with Gasteiger partial charge in [0.05, 0.1) is 0 Å². The Balaban J connectivity index is 1.13. The molecule has 0 spiro atoms. The summed E-state index contributed by atoms with van der Waals surface area (Å²) in [6.07, 6.45) is -1.01. The van der Waals surface area contributed by atoms with Gasteiger partial charge in [0.25, 0.3) is 0 Å². The first-order valence-electron chi connectivity index (χ1n) is 15.0. The van der Waals surface area contributed by atoms with Crippen LogP contribution in [0.4, 0.5) is 0 Å². The van der Waals surface area contributed by atoms with Gasteiger partial charge in [0.1, 0.15) is 0 Å². The number of likely N-dealkylation sites (tertiary alicyclic amines) is 1. The van der Waals surface area contributed by atoms with Crippen molar-refractivity contribution < 1.29 is 23.7 Å². The van der Waals surface area contributed by atoms with Crippen LogP contribution < -0.4 is 4.46 Å². The molecule has 3 heterocycles. The van der Waals surface area contributed by atoms with E-state index >= 15 is 0 Å². The van der Waals surface area contributed by atoms with Gasteiger partial charge >= 0.3 is 261 Å². The molecule has 0 aromatic heterocycles. The number of fused-ring (bicyclic) bond motifs is 3. The third-order valence-corrected chi connectivity index (χ3v) is 11.1. The average molecular weight is 643 g/mol. The van der Waals surface area contributed by atoms with Gasteiger partial charge in [0.2, 0.25) is 0 Å². The molecule has 0 saturated carbocycles. The fraction of sp³-hybridized carbons (Fsp3) is 0.333. The molecule has 43 heavy (non-hydrogen) atoms. The van der Waals surface area contributed by atoms with E-state index in [-0.39, 0.29) is 45.4 Å². The Kier molecular flexibility index (Phi) is 9.03. The summed E-state index contributed by atoms with van der Waals surface area (Å²) in [7, 11) is 1.81. The summed E-state index contributed by atoms with van der Waals surface area (Å²) >= 11 is 0.238. The number of benzene rings is 4. The summed E-state index contributed by atoms with van der Waals surface area (Å²) in [5, 5.41) is 0.971. The molecule has 7 rings (SSSR count). The van der Waals surface area contributed by atoms with E-state index < -0.39 is 12.6 Å². The van der Waals surface area contributed by atoms with Gasteiger partial charge < -0.3 is 0 Å². The van der Waals surface area contributed by atoms with Gasteiger partial charge in [-0.05, 0) is 0 Å². The van der Waals surface area contributed by atoms with Crippen LogP contribution in [0, 0.1) is 0 Å². The molecule has 3 saturated heterocycles. The minimum absolute atomic E-state index is 0.0599. The van der Waals surface area contributed by atoms with Crippen LogP contribution in [0.15, 0.2) is 115 Å². The van der Waals surface area contributed by atoms with Crippen LogP contribution in [0.2, 0.25) is 5.32 Å². The number of rotatable bonds is 9. The van der Waals surface area contributed by atoms with Gasteiger partial charge in [0.15, 0.2) is 0 Å². The van der Waals surface area contributed by atoms with Crippen molar-refractivity contribution in [1.82, 2.24) is 4.90 Å². The van der Waals surface area contributed by atoms with Gasteiger partial charge in [-0.25, -0.2) is 0 Å². The Labute approximate surface area is 260 Å². The van der Waals surface area contributed by atoms with E-state index in [9.17, 15) is 0 Å². The zero-order valence-electron chi connectivity index (χ0n) is 24.2. The van der Waals surface area contributed by atoms with Gasteiger partial charge in [-0.3, -0.25) is 0 Å². The van der Waals surface area contributed by atoms with Gasteiger partial charge in [-0.1, -0.05) is 0 Å². The molecule has 3 unspecified atom stereocenters. The maximum absolute atomic E-state index is 6.73. The van der Waals surface area contributed by atoms with Crippen molar-refractivity contribution in [3.05, 3.63) is 138 Å². The third-order valence-electron chi connectivity index (χ3n) is 8.65. The molecule has 6 nitrogen and oxygen atoms in total. The first-order chi connectivity index (χ1) is 21.3. The van der Waals surface area contributed by atoms with Crippen LogP contribution in [-0.2, 0) is 30.2 Å². The molecule has 0 N–H and O–H groups in total. The standard InChI is InChI=1S/C36H37NO5Se/c1-38-31(25-13-5-2-6-14-25)24-43-32-20-12-11-19-28(32)21-37-29-22-39-35(26-15-7-3-8-16-26)41-33(29)34-30(37)23-40-36(42-34)27-17-9-4-10-18-27/h2-20,29-31,33-36H,21-24H2,1H3/t29-,30-,31?,33+,34+,35?,36?/m0/s1. The van der Waals surface area contributed by atoms with Crippen LogP contribution in [0.25, 0.3) is 0 Å². The van der Waals surface area contributed by atoms with Crippen molar-refractivity contribution >= 4 is 19.4 Å². The zero-order valence-corrected chi connectivity index (χ0v) is 25.9. The van der Waals surface area contributed by atoms with Crippen molar-refractivity contribution in [1.29, 1.82) is 0 Å². The number of nitrogens with zero attached hydrogens (tertiary/aromatic N) is 1. The first kappa shape index (κ1) is 28.9. The SMILES string of the molecule is COC(C[Se]c1ccccc1CN1[C@H]2COC(c3ccccc3)O[C@H]2[C@@H]2OC(c3ccccc3)OC[C@@H]21)c1ccccc1. The Morgan fingerprint density at radius 1 is 0.698 bits per heavy atom. The fourth-order valence-electron chi connectivity index (χ4n) is 6.42. The molecule has 0 amide bonds. The molecule has 3 aliphatic rings. The van der Waals surface area contributed by atoms with Crippen LogP contribution in [-0.4, -0.2) is 64.5 Å². The number of methoxy groups -OCH3 is 1. The van der Waals surface area contributed by atoms with E-state index in [1.807, 2.05) is 43.5 Å². The molecule has 3 fully saturated rings. The van der Waals surface area contributed by atoms with Crippen molar-refractivity contribution in [3.8, 4) is 0 Å². The van der Waals surface area contributed by atoms with E-state index in [1.54, 1.807) is 0 Å². The Hall–Kier alpha value is -2.84. The van der Waals surface area contributed by atoms with Crippen molar-refractivity contribution in [2.75, 3.05) is 20.3 Å². The molecule has 0 radical (unpaired) electrons. The number of hydrogen-bond donors (Lipinski definition) is 0. The molecular weight excluding hydrogens is 605 g/mol. The normalized spacial score (nSPS) is 27.7. The molecule has 4 aromatic carbocycles. The Morgan fingerprint density at radius 2 is 1.21 bits per heavy atom. The molecule has 7 heteroatoms. The molecule has 7 atom stereocenters. The predicted molar refractivity (Wildman–Crippen MR) is 166 cm³/mol. The Bertz CT molecular complexity index is 1390. The minimum atomic E-state index is -0.413. The van der Waals surface area contributed by atoms with Gasteiger partial charge in [-0.2, -0.15) is 0 Å². The molecular formula is C36H37NO5Se. The summed E-state index contributed by atoms with van der Waals surface area (Å²) in [5.74, 6) is 0. The summed E-state index contributed by atoms with van der Waals surface area (Å²) in [4.78, 5) is 2.51. The summed E-state index contributed by atoms with van der Waals surface area (Å²) < 4.78 is 33.5. The second-order valence-electron chi connectivity index (χ2n) is 11.2. The van der Waals surface area contributed by atoms with E-state index in [4.69, 9.17) is 23.7 Å². The van der Waals surface area contributed by atoms with Crippen LogP contribution in [0.3, 0.4) is 0 Å². The average Bonchev–Trinajstić information content (AvgIpc) is 3.39. The van der Waals surface area contributed by atoms with E-state index in [2.05, 4.69) is 83.8 Å². The molecule has 222 valence electrons. The predicted octanol–water partition coefficient (Wildman–Crippen LogP) is 5.60. The van der Waals surface area contributed by atoms with E-state index in [0.29, 0.717) is 13.2 Å². The summed E-state index contributed by atoms with van der Waals surface area (Å²) in [6.45, 7) is 1.93. The molecule has 3 aliphatic heterocycles. The van der Waals surface area contributed by atoms with Crippen LogP contribution in [0.5, 0.6) is 0 Å². The Morgan fingerprint density at radius 3 is 1.77 bits per heavy atom. The van der Waals surface area contributed by atoms with E-state index in [0.717, 1.165) is 23.0 Å². The summed E-state index contributed by atoms with van der Waals surface area (Å²) in [6, 6.07) is 39.8. The number of hydrogen-bond acceptors (Lipinski definition) is 6. The molecule has 4 aromatic rings. The van der Waals surface area contributed by atoms with Gasteiger partial charge in [-0.15, -0.1) is 0 Å². The van der Waals surface area contributed by atoms with Crippen LogP contribution >= 0.6 is 0 Å². The van der Waals surface area contributed by atoms with E-state index in [1.165, 1.54) is 15.6 Å². The number of ether oxygens (including phenoxy) is 5. The topological polar surface area (TPSA) is 49.4 Å². The van der Waals surface area contributed by atoms with Crippen molar-refractivity contribution in [2.24, 2.45) is 0 Å². The quantitative estimate of drug-likeness (QED) is 0.222. The second-order valence-corrected chi connectivity index (χ2v) is 13.4.